The predicted molar refractivity (Wildman–Crippen MR) is 59.8 cm³/mol. The number of rotatable bonds is 4. The van der Waals surface area contributed by atoms with Crippen LogP contribution >= 0.6 is 11.6 Å². The molecule has 0 aliphatic rings. The molecule has 3 nitrogen and oxygen atoms in total. The summed E-state index contributed by atoms with van der Waals surface area (Å²) in [4.78, 5) is 0. The first-order valence-corrected chi connectivity index (χ1v) is 5.11. The van der Waals surface area contributed by atoms with Gasteiger partial charge < -0.3 is 14.6 Å². The maximum Gasteiger partial charge on any atom is 0.179 e. The molecule has 1 unspecified atom stereocenters. The Morgan fingerprint density at radius 3 is 2.47 bits per heavy atom. The second kappa shape index (κ2) is 5.24. The molecule has 0 radical (unpaired) electrons. The molecule has 0 aromatic heterocycles. The van der Waals surface area contributed by atoms with Gasteiger partial charge in [0, 0.05) is 5.56 Å². The Bertz CT molecular complexity index is 339. The van der Waals surface area contributed by atoms with E-state index in [1.54, 1.807) is 19.2 Å². The third-order valence-corrected chi connectivity index (χ3v) is 2.65. The largest absolute Gasteiger partial charge is 0.493 e. The molecular formula is C11H15ClO3. The third kappa shape index (κ3) is 2.36. The highest BCUT2D eigenvalue weighted by atomic mass is 35.5. The van der Waals surface area contributed by atoms with Crippen molar-refractivity contribution >= 4 is 11.6 Å². The van der Waals surface area contributed by atoms with Gasteiger partial charge in [0.1, 0.15) is 0 Å². The van der Waals surface area contributed by atoms with Crippen molar-refractivity contribution in [3.63, 3.8) is 0 Å². The summed E-state index contributed by atoms with van der Waals surface area (Å²) in [5.41, 5.74) is 0.664. The maximum absolute atomic E-state index is 9.71. The summed E-state index contributed by atoms with van der Waals surface area (Å²) in [6.07, 6.45) is 0.0344. The lowest BCUT2D eigenvalue weighted by Crippen LogP contribution is -1.99. The van der Waals surface area contributed by atoms with Crippen molar-refractivity contribution in [3.8, 4) is 11.5 Å². The van der Waals surface area contributed by atoms with Crippen LogP contribution in [0.4, 0.5) is 0 Å². The summed E-state index contributed by atoms with van der Waals surface area (Å²) in [6, 6.07) is 3.48. The predicted octanol–water partition coefficient (Wildman–Crippen LogP) is 2.80. The molecule has 0 fully saturated rings. The van der Waals surface area contributed by atoms with Crippen molar-refractivity contribution in [1.82, 2.24) is 0 Å². The second-order valence-electron chi connectivity index (χ2n) is 3.13. The lowest BCUT2D eigenvalue weighted by Gasteiger charge is -2.15. The number of methoxy groups -OCH3 is 2. The summed E-state index contributed by atoms with van der Waals surface area (Å²) in [6.45, 7) is 1.89. The number of halogens is 1. The van der Waals surface area contributed by atoms with Crippen LogP contribution in [-0.2, 0) is 0 Å². The van der Waals surface area contributed by atoms with Crippen LogP contribution in [0.3, 0.4) is 0 Å². The van der Waals surface area contributed by atoms with Gasteiger partial charge in [0.15, 0.2) is 11.5 Å². The minimum absolute atomic E-state index is 0.409. The van der Waals surface area contributed by atoms with Crippen molar-refractivity contribution < 1.29 is 14.6 Å². The van der Waals surface area contributed by atoms with Gasteiger partial charge in [0.05, 0.1) is 25.3 Å². The average Bonchev–Trinajstić information content (AvgIpc) is 2.27. The fourth-order valence-electron chi connectivity index (χ4n) is 1.38. The molecule has 0 aliphatic carbocycles. The number of benzene rings is 1. The summed E-state index contributed by atoms with van der Waals surface area (Å²) in [7, 11) is 3.07. The lowest BCUT2D eigenvalue weighted by molar-refractivity contribution is 0.173. The molecule has 0 heterocycles. The molecule has 1 rings (SSSR count). The molecule has 0 saturated heterocycles. The van der Waals surface area contributed by atoms with Crippen molar-refractivity contribution in [2.24, 2.45) is 0 Å². The Kier molecular flexibility index (Phi) is 4.24. The third-order valence-electron chi connectivity index (χ3n) is 2.26. The van der Waals surface area contributed by atoms with Gasteiger partial charge in [-0.25, -0.2) is 0 Å². The summed E-state index contributed by atoms with van der Waals surface area (Å²) < 4.78 is 10.2. The Morgan fingerprint density at radius 2 is 2.00 bits per heavy atom. The van der Waals surface area contributed by atoms with E-state index in [-0.39, 0.29) is 0 Å². The fourth-order valence-corrected chi connectivity index (χ4v) is 1.74. The molecule has 4 heteroatoms. The van der Waals surface area contributed by atoms with Gasteiger partial charge in [0.2, 0.25) is 0 Å². The smallest absolute Gasteiger partial charge is 0.179 e. The zero-order valence-electron chi connectivity index (χ0n) is 9.08. The first kappa shape index (κ1) is 12.1. The van der Waals surface area contributed by atoms with Gasteiger partial charge in [-0.05, 0) is 12.5 Å². The van der Waals surface area contributed by atoms with Gasteiger partial charge in [-0.3, -0.25) is 0 Å². The quantitative estimate of drug-likeness (QED) is 0.865. The van der Waals surface area contributed by atoms with Gasteiger partial charge in [0.25, 0.3) is 0 Å². The van der Waals surface area contributed by atoms with E-state index in [0.29, 0.717) is 28.5 Å². The molecule has 1 N–H and O–H groups in total. The van der Waals surface area contributed by atoms with E-state index in [2.05, 4.69) is 0 Å². The van der Waals surface area contributed by atoms with Crippen LogP contribution < -0.4 is 9.47 Å². The molecule has 0 amide bonds. The number of hydrogen-bond acceptors (Lipinski definition) is 3. The van der Waals surface area contributed by atoms with Crippen LogP contribution in [0, 0.1) is 0 Å². The van der Waals surface area contributed by atoms with Gasteiger partial charge >= 0.3 is 0 Å². The molecule has 1 aromatic rings. The van der Waals surface area contributed by atoms with Crippen LogP contribution in [-0.4, -0.2) is 19.3 Å². The molecule has 15 heavy (non-hydrogen) atoms. The highest BCUT2D eigenvalue weighted by Gasteiger charge is 2.17. The molecule has 0 spiro atoms. The molecule has 1 aromatic carbocycles. The van der Waals surface area contributed by atoms with Crippen LogP contribution in [0.5, 0.6) is 11.5 Å². The normalized spacial score (nSPS) is 12.3. The van der Waals surface area contributed by atoms with Crippen molar-refractivity contribution in [3.05, 3.63) is 22.7 Å². The fraction of sp³-hybridized carbons (Fsp3) is 0.455. The monoisotopic (exact) mass is 230 g/mol. The Morgan fingerprint density at radius 1 is 1.33 bits per heavy atom. The molecule has 0 bridgehead atoms. The van der Waals surface area contributed by atoms with E-state index >= 15 is 0 Å². The lowest BCUT2D eigenvalue weighted by atomic mass is 10.1. The highest BCUT2D eigenvalue weighted by Crippen LogP contribution is 2.39. The summed E-state index contributed by atoms with van der Waals surface area (Å²) in [5.74, 6) is 1.03. The minimum atomic E-state index is -0.572. The molecule has 1 atom stereocenters. The van der Waals surface area contributed by atoms with E-state index in [9.17, 15) is 5.11 Å². The minimum Gasteiger partial charge on any atom is -0.493 e. The number of hydrogen-bond donors (Lipinski definition) is 1. The Balaban J connectivity index is 3.22. The number of aliphatic hydroxyl groups excluding tert-OH is 1. The molecule has 0 saturated carbocycles. The zero-order chi connectivity index (χ0) is 11.4. The van der Waals surface area contributed by atoms with E-state index in [1.807, 2.05) is 6.92 Å². The van der Waals surface area contributed by atoms with Crippen LogP contribution in [0.15, 0.2) is 12.1 Å². The van der Waals surface area contributed by atoms with Crippen LogP contribution in [0.25, 0.3) is 0 Å². The highest BCUT2D eigenvalue weighted by molar-refractivity contribution is 6.33. The number of ether oxygens (including phenoxy) is 2. The first-order chi connectivity index (χ1) is 7.15. The van der Waals surface area contributed by atoms with Crippen molar-refractivity contribution in [2.45, 2.75) is 19.4 Å². The van der Waals surface area contributed by atoms with Crippen LogP contribution in [0.1, 0.15) is 25.0 Å². The zero-order valence-corrected chi connectivity index (χ0v) is 9.84. The first-order valence-electron chi connectivity index (χ1n) is 4.74. The standard InChI is InChI=1S/C11H15ClO3/c1-4-8(13)7-5-6-9(14-2)11(15-3)10(7)12/h5-6,8,13H,4H2,1-3H3. The van der Waals surface area contributed by atoms with Gasteiger partial charge in [-0.15, -0.1) is 0 Å². The van der Waals surface area contributed by atoms with Crippen LogP contribution in [0.2, 0.25) is 5.02 Å². The summed E-state index contributed by atoms with van der Waals surface area (Å²) >= 11 is 6.10. The second-order valence-corrected chi connectivity index (χ2v) is 3.51. The van der Waals surface area contributed by atoms with E-state index in [4.69, 9.17) is 21.1 Å². The van der Waals surface area contributed by atoms with Crippen molar-refractivity contribution in [1.29, 1.82) is 0 Å². The van der Waals surface area contributed by atoms with E-state index in [1.165, 1.54) is 7.11 Å². The number of aliphatic hydroxyl groups is 1. The Labute approximate surface area is 94.6 Å². The van der Waals surface area contributed by atoms with Gasteiger partial charge in [-0.1, -0.05) is 24.6 Å². The molecular weight excluding hydrogens is 216 g/mol. The molecule has 0 aliphatic heterocycles. The van der Waals surface area contributed by atoms with Gasteiger partial charge in [-0.2, -0.15) is 0 Å². The van der Waals surface area contributed by atoms with E-state index < -0.39 is 6.10 Å². The van der Waals surface area contributed by atoms with Crippen molar-refractivity contribution in [2.75, 3.05) is 14.2 Å². The maximum atomic E-state index is 9.71. The Hall–Kier alpha value is -0.930. The SMILES string of the molecule is CCC(O)c1ccc(OC)c(OC)c1Cl. The summed E-state index contributed by atoms with van der Waals surface area (Å²) in [5, 5.41) is 10.1. The average molecular weight is 231 g/mol. The van der Waals surface area contributed by atoms with E-state index in [0.717, 1.165) is 0 Å². The topological polar surface area (TPSA) is 38.7 Å². The molecule has 84 valence electrons.